The third-order valence-electron chi connectivity index (χ3n) is 15.6. The maximum Gasteiger partial charge on any atom is 0.0433 e. The van der Waals surface area contributed by atoms with Crippen molar-refractivity contribution in [3.05, 3.63) is 181 Å². The van der Waals surface area contributed by atoms with Gasteiger partial charge in [0.15, 0.2) is 0 Å². The molecule has 0 saturated heterocycles. The summed E-state index contributed by atoms with van der Waals surface area (Å²) in [7, 11) is 0. The molecule has 10 aromatic rings. The van der Waals surface area contributed by atoms with Gasteiger partial charge in [-0.05, 0) is 156 Å². The van der Waals surface area contributed by atoms with Crippen LogP contribution in [0.3, 0.4) is 0 Å². The van der Waals surface area contributed by atoms with Crippen molar-refractivity contribution in [1.29, 1.82) is 0 Å². The lowest BCUT2D eigenvalue weighted by Gasteiger charge is -2.61. The standard InChI is InChI=1S/C58H42S/c1-2-11-42-36(10-1)25-27-51-56(42)50-26-24-39(33-52(50)58(51)40-29-34-28-35(31-40)32-41(58)30-34)55-47-15-5-3-13-45(47)54(46-14-4-6-16-48(46)55)38-22-20-37(21-23-38)43-17-9-18-49-44-12-7-8-19-53(44)59-57(43)49/h1-27,33-35,40-41H,28-32H2. The van der Waals surface area contributed by atoms with Crippen molar-refractivity contribution in [2.45, 2.75) is 37.5 Å². The fourth-order valence-corrected chi connectivity index (χ4v) is 14.9. The summed E-state index contributed by atoms with van der Waals surface area (Å²) in [6, 6.07) is 65.3. The first-order valence-electron chi connectivity index (χ1n) is 21.8. The Morgan fingerprint density at radius 2 is 0.932 bits per heavy atom. The van der Waals surface area contributed by atoms with Gasteiger partial charge in [-0.15, -0.1) is 11.3 Å². The molecule has 0 N–H and O–H groups in total. The quantitative estimate of drug-likeness (QED) is 0.157. The van der Waals surface area contributed by atoms with Crippen molar-refractivity contribution in [2.24, 2.45) is 23.7 Å². The van der Waals surface area contributed by atoms with E-state index in [0.717, 1.165) is 23.7 Å². The van der Waals surface area contributed by atoms with E-state index in [9.17, 15) is 0 Å². The van der Waals surface area contributed by atoms with Crippen LogP contribution < -0.4 is 0 Å². The minimum atomic E-state index is 0.103. The largest absolute Gasteiger partial charge is 0.135 e. The number of hydrogen-bond acceptors (Lipinski definition) is 1. The van der Waals surface area contributed by atoms with Crippen LogP contribution in [0.2, 0.25) is 0 Å². The molecule has 9 aromatic carbocycles. The van der Waals surface area contributed by atoms with E-state index in [-0.39, 0.29) is 5.41 Å². The van der Waals surface area contributed by atoms with E-state index < -0.39 is 0 Å². The third-order valence-corrected chi connectivity index (χ3v) is 16.9. The number of fused-ring (bicyclic) bond motifs is 10. The van der Waals surface area contributed by atoms with Gasteiger partial charge in [0.05, 0.1) is 0 Å². The number of hydrogen-bond donors (Lipinski definition) is 0. The van der Waals surface area contributed by atoms with Crippen molar-refractivity contribution in [2.75, 3.05) is 0 Å². The van der Waals surface area contributed by atoms with Crippen molar-refractivity contribution in [3.63, 3.8) is 0 Å². The normalized spacial score (nSPS) is 22.6. The monoisotopic (exact) mass is 770 g/mol. The summed E-state index contributed by atoms with van der Waals surface area (Å²) in [6.45, 7) is 0. The Balaban J connectivity index is 0.967. The van der Waals surface area contributed by atoms with Crippen LogP contribution >= 0.6 is 11.3 Å². The van der Waals surface area contributed by atoms with Gasteiger partial charge in [0.1, 0.15) is 0 Å². The van der Waals surface area contributed by atoms with Crippen molar-refractivity contribution < 1.29 is 0 Å². The van der Waals surface area contributed by atoms with Gasteiger partial charge in [-0.3, -0.25) is 0 Å². The number of thiophene rings is 1. The van der Waals surface area contributed by atoms with Crippen molar-refractivity contribution in [3.8, 4) is 44.5 Å². The van der Waals surface area contributed by atoms with E-state index >= 15 is 0 Å². The van der Waals surface area contributed by atoms with Gasteiger partial charge in [-0.1, -0.05) is 158 Å². The Labute approximate surface area is 348 Å². The molecule has 4 fully saturated rings. The highest BCUT2D eigenvalue weighted by Crippen LogP contribution is 2.70. The van der Waals surface area contributed by atoms with Crippen molar-refractivity contribution in [1.82, 2.24) is 0 Å². The van der Waals surface area contributed by atoms with Crippen LogP contribution in [0.15, 0.2) is 170 Å². The van der Waals surface area contributed by atoms with E-state index in [4.69, 9.17) is 0 Å². The van der Waals surface area contributed by atoms with Crippen molar-refractivity contribution >= 4 is 63.8 Å². The van der Waals surface area contributed by atoms with Crippen LogP contribution in [0.4, 0.5) is 0 Å². The highest BCUT2D eigenvalue weighted by Gasteiger charge is 2.61. The number of benzene rings is 9. The molecular formula is C58H42S. The van der Waals surface area contributed by atoms with E-state index in [2.05, 4.69) is 170 Å². The predicted octanol–water partition coefficient (Wildman–Crippen LogP) is 16.2. The predicted molar refractivity (Wildman–Crippen MR) is 251 cm³/mol. The first kappa shape index (κ1) is 32.9. The molecule has 0 aliphatic heterocycles. The topological polar surface area (TPSA) is 0 Å². The molecule has 0 radical (unpaired) electrons. The maximum atomic E-state index is 2.70. The smallest absolute Gasteiger partial charge is 0.0433 e. The summed E-state index contributed by atoms with van der Waals surface area (Å²) < 4.78 is 2.71. The second-order valence-electron chi connectivity index (χ2n) is 18.3. The lowest BCUT2D eigenvalue weighted by molar-refractivity contribution is -0.0399. The van der Waals surface area contributed by atoms with Gasteiger partial charge in [-0.25, -0.2) is 0 Å². The molecule has 0 unspecified atom stereocenters. The molecular weight excluding hydrogens is 729 g/mol. The van der Waals surface area contributed by atoms with E-state index in [1.165, 1.54) is 129 Å². The zero-order chi connectivity index (χ0) is 38.4. The molecule has 4 saturated carbocycles. The molecule has 280 valence electrons. The fraction of sp³-hybridized carbons (Fsp3) is 0.172. The summed E-state index contributed by atoms with van der Waals surface area (Å²) in [5.74, 6) is 3.27. The zero-order valence-corrected chi connectivity index (χ0v) is 33.7. The second kappa shape index (κ2) is 12.0. The van der Waals surface area contributed by atoms with Crippen LogP contribution in [0.25, 0.3) is 97.0 Å². The fourth-order valence-electron chi connectivity index (χ4n) is 13.7. The average molecular weight is 771 g/mol. The van der Waals surface area contributed by atoms with Crippen LogP contribution in [0.1, 0.15) is 43.2 Å². The van der Waals surface area contributed by atoms with E-state index in [1.807, 2.05) is 11.3 Å². The van der Waals surface area contributed by atoms with Crippen LogP contribution in [0.5, 0.6) is 0 Å². The van der Waals surface area contributed by atoms with Crippen LogP contribution in [-0.4, -0.2) is 0 Å². The lowest BCUT2D eigenvalue weighted by atomic mass is 9.43. The molecule has 15 rings (SSSR count). The minimum Gasteiger partial charge on any atom is -0.135 e. The summed E-state index contributed by atoms with van der Waals surface area (Å²) in [6.07, 6.45) is 7.03. The first-order chi connectivity index (χ1) is 29.2. The third kappa shape index (κ3) is 4.39. The summed E-state index contributed by atoms with van der Waals surface area (Å²) in [5.41, 5.74) is 14.3. The van der Waals surface area contributed by atoms with Gasteiger partial charge in [0, 0.05) is 25.6 Å². The van der Waals surface area contributed by atoms with Gasteiger partial charge in [0.25, 0.3) is 0 Å². The Bertz CT molecular complexity index is 3310. The Hall–Kier alpha value is -6.02. The molecule has 0 nitrogen and oxygen atoms in total. The minimum absolute atomic E-state index is 0.103. The van der Waals surface area contributed by atoms with E-state index in [0.29, 0.717) is 0 Å². The van der Waals surface area contributed by atoms with E-state index in [1.54, 1.807) is 11.1 Å². The SMILES string of the molecule is c1ccc2c3c(ccc2c1)C1(c2cc(-c4c5ccccc5c(-c5ccc(-c6cccc7c6sc6ccccc67)cc5)c5ccccc45)ccc2-3)C2CC3CC(C2)CC1C3. The zero-order valence-electron chi connectivity index (χ0n) is 32.9. The average Bonchev–Trinajstić information content (AvgIpc) is 3.81. The molecule has 0 amide bonds. The number of rotatable bonds is 3. The summed E-state index contributed by atoms with van der Waals surface area (Å²) >= 11 is 1.90. The Morgan fingerprint density at radius 3 is 1.63 bits per heavy atom. The van der Waals surface area contributed by atoms with Gasteiger partial charge >= 0.3 is 0 Å². The highest BCUT2D eigenvalue weighted by molar-refractivity contribution is 7.26. The van der Waals surface area contributed by atoms with Gasteiger partial charge in [0.2, 0.25) is 0 Å². The molecule has 5 aliphatic rings. The molecule has 1 spiro atoms. The molecule has 1 heterocycles. The Morgan fingerprint density at radius 1 is 0.373 bits per heavy atom. The van der Waals surface area contributed by atoms with Gasteiger partial charge in [-0.2, -0.15) is 0 Å². The molecule has 0 atom stereocenters. The second-order valence-corrected chi connectivity index (χ2v) is 19.4. The molecule has 1 aromatic heterocycles. The van der Waals surface area contributed by atoms with Gasteiger partial charge < -0.3 is 0 Å². The molecule has 5 aliphatic carbocycles. The molecule has 4 bridgehead atoms. The summed E-state index contributed by atoms with van der Waals surface area (Å²) in [4.78, 5) is 0. The lowest BCUT2D eigenvalue weighted by Crippen LogP contribution is -2.55. The van der Waals surface area contributed by atoms with Crippen LogP contribution in [0, 0.1) is 23.7 Å². The summed E-state index contributed by atoms with van der Waals surface area (Å²) in [5, 5.41) is 10.8. The maximum absolute atomic E-state index is 2.70. The highest BCUT2D eigenvalue weighted by atomic mass is 32.1. The Kier molecular flexibility index (Phi) is 6.70. The van der Waals surface area contributed by atoms with Crippen LogP contribution in [-0.2, 0) is 5.41 Å². The first-order valence-corrected chi connectivity index (χ1v) is 22.7. The molecule has 1 heteroatoms. The molecule has 59 heavy (non-hydrogen) atoms.